The molecular formula is C17H20N4O4S. The number of nitrogens with zero attached hydrogens (tertiary/aromatic N) is 4. The Morgan fingerprint density at radius 3 is 2.65 bits per heavy atom. The average Bonchev–Trinajstić information content (AvgIpc) is 3.19. The summed E-state index contributed by atoms with van der Waals surface area (Å²) in [6.07, 6.45) is 0. The van der Waals surface area contributed by atoms with Gasteiger partial charge in [0.1, 0.15) is 5.75 Å². The highest BCUT2D eigenvalue weighted by atomic mass is 32.2. The Bertz CT molecular complexity index is 1010. The monoisotopic (exact) mass is 376 g/mol. The molecule has 0 atom stereocenters. The summed E-state index contributed by atoms with van der Waals surface area (Å²) in [5.74, 6) is 0.422. The summed E-state index contributed by atoms with van der Waals surface area (Å²) in [7, 11) is -2.20. The van der Waals surface area contributed by atoms with E-state index in [9.17, 15) is 8.42 Å². The van der Waals surface area contributed by atoms with E-state index < -0.39 is 9.84 Å². The van der Waals surface area contributed by atoms with E-state index in [1.54, 1.807) is 24.7 Å². The number of hydrogen-bond acceptors (Lipinski definition) is 7. The number of rotatable bonds is 7. The van der Waals surface area contributed by atoms with Crippen molar-refractivity contribution in [3.8, 4) is 11.4 Å². The molecule has 0 amide bonds. The Kier molecular flexibility index (Phi) is 5.19. The topological polar surface area (TPSA) is 100 Å². The Hall–Kier alpha value is -2.52. The second-order valence-electron chi connectivity index (χ2n) is 6.01. The maximum absolute atomic E-state index is 12.9. The van der Waals surface area contributed by atoms with Gasteiger partial charge in [0.15, 0.2) is 11.6 Å². The van der Waals surface area contributed by atoms with E-state index in [4.69, 9.17) is 9.26 Å². The summed E-state index contributed by atoms with van der Waals surface area (Å²) in [4.78, 5) is 0. The normalized spacial score (nSPS) is 11.8. The number of sulfone groups is 1. The number of aryl methyl sites for hydroxylation is 2. The molecule has 3 rings (SSSR count). The highest BCUT2D eigenvalue weighted by molar-refractivity contribution is 7.90. The minimum Gasteiger partial charge on any atom is -0.383 e. The minimum absolute atomic E-state index is 0.111. The molecule has 0 unspecified atom stereocenters. The average molecular weight is 376 g/mol. The third-order valence-corrected chi connectivity index (χ3v) is 5.32. The molecule has 3 aromatic rings. The van der Waals surface area contributed by atoms with Crippen molar-refractivity contribution in [3.05, 3.63) is 47.3 Å². The van der Waals surface area contributed by atoms with E-state index in [0.717, 1.165) is 11.1 Å². The summed E-state index contributed by atoms with van der Waals surface area (Å²) >= 11 is 0. The van der Waals surface area contributed by atoms with Crippen molar-refractivity contribution in [2.45, 2.75) is 31.3 Å². The number of hydrogen-bond donors (Lipinski definition) is 0. The first-order valence-electron chi connectivity index (χ1n) is 8.05. The molecule has 8 nitrogen and oxygen atoms in total. The molecule has 0 spiro atoms. The van der Waals surface area contributed by atoms with E-state index in [-0.39, 0.29) is 16.7 Å². The molecule has 138 valence electrons. The van der Waals surface area contributed by atoms with Gasteiger partial charge in [-0.15, -0.1) is 10.2 Å². The molecule has 9 heteroatoms. The predicted octanol–water partition coefficient (Wildman–Crippen LogP) is 2.17. The molecule has 0 N–H and O–H groups in total. The van der Waals surface area contributed by atoms with Crippen LogP contribution in [-0.4, -0.2) is 42.1 Å². The summed E-state index contributed by atoms with van der Waals surface area (Å²) in [6.45, 7) is 4.34. The van der Waals surface area contributed by atoms with Crippen LogP contribution >= 0.6 is 0 Å². The second-order valence-corrected chi connectivity index (χ2v) is 7.90. The van der Waals surface area contributed by atoms with Crippen LogP contribution in [0.5, 0.6) is 0 Å². The summed E-state index contributed by atoms with van der Waals surface area (Å²) in [5, 5.41) is 11.7. The number of benzene rings is 1. The van der Waals surface area contributed by atoms with E-state index >= 15 is 0 Å². The fourth-order valence-electron chi connectivity index (χ4n) is 2.64. The maximum atomic E-state index is 12.9. The standard InChI is InChI=1S/C17H20N4O4S/c1-12-5-4-6-14(9-12)16-18-19-17(21(16)7-8-24-3)26(22,23)11-15-10-13(2)20-25-15/h4-6,9-10H,7-8,11H2,1-3H3. The van der Waals surface area contributed by atoms with Crippen LogP contribution < -0.4 is 0 Å². The number of aromatic nitrogens is 4. The highest BCUT2D eigenvalue weighted by Crippen LogP contribution is 2.23. The largest absolute Gasteiger partial charge is 0.383 e. The van der Waals surface area contributed by atoms with Gasteiger partial charge in [0.05, 0.1) is 18.8 Å². The smallest absolute Gasteiger partial charge is 0.250 e. The molecule has 0 saturated heterocycles. The molecule has 0 aliphatic rings. The van der Waals surface area contributed by atoms with Crippen LogP contribution in [-0.2, 0) is 26.9 Å². The quantitative estimate of drug-likeness (QED) is 0.623. The van der Waals surface area contributed by atoms with Crippen molar-refractivity contribution in [1.29, 1.82) is 0 Å². The molecule has 0 fully saturated rings. The lowest BCUT2D eigenvalue weighted by molar-refractivity contribution is 0.185. The molecule has 0 radical (unpaired) electrons. The maximum Gasteiger partial charge on any atom is 0.250 e. The zero-order valence-electron chi connectivity index (χ0n) is 14.8. The molecule has 26 heavy (non-hydrogen) atoms. The SMILES string of the molecule is COCCn1c(-c2cccc(C)c2)nnc1S(=O)(=O)Cc1cc(C)no1. The summed E-state index contributed by atoms with van der Waals surface area (Å²) < 4.78 is 37.4. The van der Waals surface area contributed by atoms with Crippen molar-refractivity contribution in [1.82, 2.24) is 19.9 Å². The zero-order chi connectivity index (χ0) is 18.7. The van der Waals surface area contributed by atoms with Crippen molar-refractivity contribution in [2.75, 3.05) is 13.7 Å². The van der Waals surface area contributed by atoms with Gasteiger partial charge in [-0.05, 0) is 19.9 Å². The molecule has 1 aromatic carbocycles. The Labute approximate surface area is 151 Å². The van der Waals surface area contributed by atoms with E-state index in [0.29, 0.717) is 24.7 Å². The van der Waals surface area contributed by atoms with Crippen LogP contribution in [0.1, 0.15) is 17.0 Å². The lowest BCUT2D eigenvalue weighted by Gasteiger charge is -2.10. The van der Waals surface area contributed by atoms with Crippen LogP contribution in [0.25, 0.3) is 11.4 Å². The minimum atomic E-state index is -3.76. The molecule has 2 aromatic heterocycles. The predicted molar refractivity (Wildman–Crippen MR) is 94.2 cm³/mol. The molecule has 0 aliphatic carbocycles. The first kappa shape index (κ1) is 18.3. The van der Waals surface area contributed by atoms with E-state index in [1.165, 1.54) is 0 Å². The van der Waals surface area contributed by atoms with Crippen molar-refractivity contribution >= 4 is 9.84 Å². The lowest BCUT2D eigenvalue weighted by atomic mass is 10.1. The third-order valence-electron chi connectivity index (χ3n) is 3.80. The van der Waals surface area contributed by atoms with Crippen LogP contribution in [0.4, 0.5) is 0 Å². The Morgan fingerprint density at radius 2 is 2.00 bits per heavy atom. The van der Waals surface area contributed by atoms with Crippen molar-refractivity contribution in [2.24, 2.45) is 0 Å². The van der Waals surface area contributed by atoms with Gasteiger partial charge < -0.3 is 9.26 Å². The van der Waals surface area contributed by atoms with Crippen LogP contribution in [0.3, 0.4) is 0 Å². The second kappa shape index (κ2) is 7.38. The first-order valence-corrected chi connectivity index (χ1v) is 9.70. The van der Waals surface area contributed by atoms with E-state index in [1.807, 2.05) is 31.2 Å². The van der Waals surface area contributed by atoms with Gasteiger partial charge in [0.2, 0.25) is 9.84 Å². The third kappa shape index (κ3) is 3.83. The van der Waals surface area contributed by atoms with Crippen LogP contribution in [0.2, 0.25) is 0 Å². The van der Waals surface area contributed by atoms with Gasteiger partial charge in [0.25, 0.3) is 5.16 Å². The fraction of sp³-hybridized carbons (Fsp3) is 0.353. The van der Waals surface area contributed by atoms with Gasteiger partial charge in [0, 0.05) is 18.7 Å². The van der Waals surface area contributed by atoms with Gasteiger partial charge >= 0.3 is 0 Å². The van der Waals surface area contributed by atoms with Gasteiger partial charge in [-0.2, -0.15) is 0 Å². The van der Waals surface area contributed by atoms with Crippen LogP contribution in [0.15, 0.2) is 40.0 Å². The van der Waals surface area contributed by atoms with E-state index in [2.05, 4.69) is 15.4 Å². The number of methoxy groups -OCH3 is 1. The fourth-order valence-corrected chi connectivity index (χ4v) is 3.96. The van der Waals surface area contributed by atoms with Gasteiger partial charge in [-0.1, -0.05) is 28.9 Å². The van der Waals surface area contributed by atoms with Crippen LogP contribution in [0, 0.1) is 13.8 Å². The molecule has 0 bridgehead atoms. The molecule has 2 heterocycles. The Morgan fingerprint density at radius 1 is 1.19 bits per heavy atom. The highest BCUT2D eigenvalue weighted by Gasteiger charge is 2.27. The van der Waals surface area contributed by atoms with Gasteiger partial charge in [-0.3, -0.25) is 4.57 Å². The van der Waals surface area contributed by atoms with Gasteiger partial charge in [-0.25, -0.2) is 8.42 Å². The van der Waals surface area contributed by atoms with Crippen molar-refractivity contribution in [3.63, 3.8) is 0 Å². The molecule has 0 aliphatic heterocycles. The Balaban J connectivity index is 2.03. The summed E-state index contributed by atoms with van der Waals surface area (Å²) in [5.41, 5.74) is 2.47. The molecule has 0 saturated carbocycles. The zero-order valence-corrected chi connectivity index (χ0v) is 15.7. The molecular weight excluding hydrogens is 356 g/mol. The van der Waals surface area contributed by atoms with Crippen molar-refractivity contribution < 1.29 is 17.7 Å². The first-order chi connectivity index (χ1) is 12.4. The number of ether oxygens (including phenoxy) is 1. The lowest BCUT2D eigenvalue weighted by Crippen LogP contribution is -2.16. The summed E-state index contributed by atoms with van der Waals surface area (Å²) in [6, 6.07) is 9.25.